The maximum Gasteiger partial charge on any atom is 0.318 e. The molecule has 0 aromatic heterocycles. The predicted molar refractivity (Wildman–Crippen MR) is 136 cm³/mol. The van der Waals surface area contributed by atoms with E-state index in [-0.39, 0.29) is 12.1 Å². The minimum absolute atomic E-state index is 0.0639. The number of nitrogens with one attached hydrogen (secondary N) is 1. The lowest BCUT2D eigenvalue weighted by Gasteiger charge is -2.52. The van der Waals surface area contributed by atoms with Crippen LogP contribution in [-0.4, -0.2) is 48.1 Å². The number of fused-ring (bicyclic) bond motifs is 4. The van der Waals surface area contributed by atoms with Gasteiger partial charge in [-0.15, -0.1) is 0 Å². The van der Waals surface area contributed by atoms with E-state index in [2.05, 4.69) is 72.3 Å². The van der Waals surface area contributed by atoms with Crippen LogP contribution in [0.2, 0.25) is 0 Å². The molecule has 4 atom stereocenters. The van der Waals surface area contributed by atoms with Crippen molar-refractivity contribution in [1.29, 1.82) is 0 Å². The van der Waals surface area contributed by atoms with E-state index in [0.29, 0.717) is 30.5 Å². The molecule has 0 spiro atoms. The number of nitrogens with zero attached hydrogens (tertiary/aromatic N) is 2. The second kappa shape index (κ2) is 9.99. The normalized spacial score (nSPS) is 25.2. The maximum atomic E-state index is 13.5. The molecule has 0 bridgehead atoms. The van der Waals surface area contributed by atoms with Crippen LogP contribution < -0.4 is 10.1 Å². The first kappa shape index (κ1) is 23.2. The van der Waals surface area contributed by atoms with Crippen LogP contribution in [0.4, 0.5) is 4.79 Å². The molecule has 2 amide bonds. The highest BCUT2D eigenvalue weighted by molar-refractivity contribution is 5.75. The molecule has 0 aliphatic carbocycles. The van der Waals surface area contributed by atoms with Gasteiger partial charge < -0.3 is 15.0 Å². The number of ether oxygens (including phenoxy) is 1. The largest absolute Gasteiger partial charge is 0.493 e. The summed E-state index contributed by atoms with van der Waals surface area (Å²) in [5.41, 5.74) is 4.05. The van der Waals surface area contributed by atoms with Crippen molar-refractivity contribution in [2.45, 2.75) is 64.6 Å². The zero-order valence-corrected chi connectivity index (χ0v) is 20.9. The van der Waals surface area contributed by atoms with Gasteiger partial charge in [0.25, 0.3) is 0 Å². The topological polar surface area (TPSA) is 44.8 Å². The molecular weight excluding hydrogens is 422 g/mol. The molecule has 2 saturated heterocycles. The summed E-state index contributed by atoms with van der Waals surface area (Å²) in [6.07, 6.45) is 4.51. The van der Waals surface area contributed by atoms with E-state index >= 15 is 0 Å². The van der Waals surface area contributed by atoms with Gasteiger partial charge in [0.1, 0.15) is 5.75 Å². The van der Waals surface area contributed by atoms with Crippen LogP contribution in [0.25, 0.3) is 0 Å². The summed E-state index contributed by atoms with van der Waals surface area (Å²) in [6, 6.07) is 17.8. The smallest absolute Gasteiger partial charge is 0.318 e. The molecule has 0 saturated carbocycles. The highest BCUT2D eigenvalue weighted by Gasteiger charge is 2.44. The number of rotatable bonds is 5. The molecule has 2 aromatic rings. The number of amides is 2. The van der Waals surface area contributed by atoms with Gasteiger partial charge in [0.15, 0.2) is 0 Å². The second-order valence-corrected chi connectivity index (χ2v) is 10.8. The number of hydrogen-bond donors (Lipinski definition) is 1. The van der Waals surface area contributed by atoms with Crippen molar-refractivity contribution in [3.05, 3.63) is 65.2 Å². The molecule has 0 radical (unpaired) electrons. The number of piperidine rings is 2. The molecule has 1 N–H and O–H groups in total. The molecule has 3 heterocycles. The summed E-state index contributed by atoms with van der Waals surface area (Å²) < 4.78 is 5.90. The molecule has 0 unspecified atom stereocenters. The van der Waals surface area contributed by atoms with Crippen molar-refractivity contribution in [2.75, 3.05) is 26.2 Å². The number of urea groups is 1. The first-order valence-electron chi connectivity index (χ1n) is 13.1. The van der Waals surface area contributed by atoms with E-state index in [9.17, 15) is 4.79 Å². The lowest BCUT2D eigenvalue weighted by Crippen LogP contribution is -2.59. The average Bonchev–Trinajstić information content (AvgIpc) is 2.86. The molecule has 5 nitrogen and oxygen atoms in total. The number of benzene rings is 2. The van der Waals surface area contributed by atoms with Gasteiger partial charge in [0.05, 0.1) is 12.6 Å². The van der Waals surface area contributed by atoms with Crippen LogP contribution in [0.15, 0.2) is 48.5 Å². The summed E-state index contributed by atoms with van der Waals surface area (Å²) in [6.45, 7) is 10.2. The highest BCUT2D eigenvalue weighted by atomic mass is 16.5. The second-order valence-electron chi connectivity index (χ2n) is 10.8. The molecule has 5 heteroatoms. The van der Waals surface area contributed by atoms with E-state index in [1.807, 2.05) is 12.1 Å². The Bertz CT molecular complexity index is 1010. The molecule has 182 valence electrons. The van der Waals surface area contributed by atoms with E-state index in [1.165, 1.54) is 17.5 Å². The van der Waals surface area contributed by atoms with E-state index in [4.69, 9.17) is 4.74 Å². The fraction of sp³-hybridized carbons (Fsp3) is 0.552. The van der Waals surface area contributed by atoms with E-state index in [0.717, 1.165) is 50.2 Å². The van der Waals surface area contributed by atoms with Crippen LogP contribution in [0.1, 0.15) is 68.8 Å². The third kappa shape index (κ3) is 4.81. The number of hydrogen-bond acceptors (Lipinski definition) is 3. The Hall–Kier alpha value is -2.53. The van der Waals surface area contributed by atoms with Crippen LogP contribution >= 0.6 is 0 Å². The minimum atomic E-state index is -0.0639. The van der Waals surface area contributed by atoms with Gasteiger partial charge in [-0.3, -0.25) is 4.90 Å². The van der Waals surface area contributed by atoms with Crippen molar-refractivity contribution < 1.29 is 9.53 Å². The zero-order chi connectivity index (χ0) is 23.7. The lowest BCUT2D eigenvalue weighted by atomic mass is 9.77. The lowest BCUT2D eigenvalue weighted by molar-refractivity contribution is 0.00533. The Morgan fingerprint density at radius 3 is 2.82 bits per heavy atom. The number of carbonyl (C=O) groups excluding carboxylic acids is 1. The van der Waals surface area contributed by atoms with Gasteiger partial charge >= 0.3 is 6.03 Å². The van der Waals surface area contributed by atoms with E-state index in [1.54, 1.807) is 0 Å². The van der Waals surface area contributed by atoms with E-state index < -0.39 is 0 Å². The van der Waals surface area contributed by atoms with Gasteiger partial charge in [-0.1, -0.05) is 50.2 Å². The number of carbonyl (C=O) groups is 1. The molecule has 2 fully saturated rings. The summed E-state index contributed by atoms with van der Waals surface area (Å²) in [5, 5.41) is 3.30. The monoisotopic (exact) mass is 461 g/mol. The van der Waals surface area contributed by atoms with Gasteiger partial charge in [0.2, 0.25) is 0 Å². The van der Waals surface area contributed by atoms with Crippen molar-refractivity contribution in [3.63, 3.8) is 0 Å². The van der Waals surface area contributed by atoms with Gasteiger partial charge in [-0.2, -0.15) is 0 Å². The highest BCUT2D eigenvalue weighted by Crippen LogP contribution is 2.42. The minimum Gasteiger partial charge on any atom is -0.493 e. The average molecular weight is 462 g/mol. The van der Waals surface area contributed by atoms with Crippen LogP contribution in [0.3, 0.4) is 0 Å². The first-order valence-corrected chi connectivity index (χ1v) is 13.1. The van der Waals surface area contributed by atoms with Crippen LogP contribution in [-0.2, 0) is 6.42 Å². The van der Waals surface area contributed by atoms with Crippen LogP contribution in [0.5, 0.6) is 5.75 Å². The predicted octanol–water partition coefficient (Wildman–Crippen LogP) is 5.58. The Kier molecular flexibility index (Phi) is 6.82. The van der Waals surface area contributed by atoms with Gasteiger partial charge in [-0.25, -0.2) is 4.79 Å². The fourth-order valence-electron chi connectivity index (χ4n) is 6.14. The van der Waals surface area contributed by atoms with Crippen molar-refractivity contribution >= 4 is 6.03 Å². The van der Waals surface area contributed by atoms with Gasteiger partial charge in [0, 0.05) is 31.7 Å². The SMILES string of the molecule is CC(C)COc1cccc([C@@H](C)NC(=O)N2CCC[C@H]3CN4CCc5ccccc5[C@H]4C[C@H]32)c1. The third-order valence-corrected chi connectivity index (χ3v) is 7.92. The van der Waals surface area contributed by atoms with Gasteiger partial charge in [-0.05, 0) is 73.3 Å². The molecule has 3 aliphatic heterocycles. The third-order valence-electron chi connectivity index (χ3n) is 7.92. The Balaban J connectivity index is 1.28. The molecule has 3 aliphatic rings. The summed E-state index contributed by atoms with van der Waals surface area (Å²) in [7, 11) is 0. The molecule has 34 heavy (non-hydrogen) atoms. The summed E-state index contributed by atoms with van der Waals surface area (Å²) in [5.74, 6) is 1.92. The standard InChI is InChI=1S/C29H39N3O2/c1-20(2)19-34-25-11-6-9-23(16-25)21(3)30-29(33)32-14-7-10-24-18-31-15-13-22-8-4-5-12-26(22)28(31)17-27(24)32/h4-6,8-9,11-12,16,20-21,24,27-28H,7,10,13-15,17-19H2,1-3H3,(H,30,33)/t21-,24+,27-,28-/m1/s1. The van der Waals surface area contributed by atoms with Crippen molar-refractivity contribution in [1.82, 2.24) is 15.1 Å². The summed E-state index contributed by atoms with van der Waals surface area (Å²) >= 11 is 0. The summed E-state index contributed by atoms with van der Waals surface area (Å²) in [4.78, 5) is 18.3. The Morgan fingerprint density at radius 2 is 1.97 bits per heavy atom. The zero-order valence-electron chi connectivity index (χ0n) is 20.9. The molecule has 2 aromatic carbocycles. The maximum absolute atomic E-state index is 13.5. The number of likely N-dealkylation sites (tertiary alicyclic amines) is 1. The first-order chi connectivity index (χ1) is 16.5. The van der Waals surface area contributed by atoms with Crippen LogP contribution in [0, 0.1) is 11.8 Å². The van der Waals surface area contributed by atoms with Crippen molar-refractivity contribution in [3.8, 4) is 5.75 Å². The Morgan fingerprint density at radius 1 is 1.12 bits per heavy atom. The Labute approximate surface area is 204 Å². The van der Waals surface area contributed by atoms with Crippen molar-refractivity contribution in [2.24, 2.45) is 11.8 Å². The fourth-order valence-corrected chi connectivity index (χ4v) is 6.14. The molecule has 5 rings (SSSR count). The quantitative estimate of drug-likeness (QED) is 0.633. The molecular formula is C29H39N3O2.